The number of allylic oxidation sites excluding steroid dienone is 10. The number of hydrogen-bond donors (Lipinski definition) is 3. The van der Waals surface area contributed by atoms with E-state index in [1.54, 1.807) is 0 Å². The standard InChI is InChI=1S/C53H95NO5/c1-4-7-10-13-16-19-21-23-25-26-27-29-31-34-37-40-43-46-53(58)59-49(44-41-38-35-33-30-28-24-22-20-17-14-11-8-5-2)47-52(57)54-50(48-55)51(56)45-42-39-36-32-18-15-12-9-6-3/h7,10,16,19,23,25,27,29,34,37,49-51,55-56H,4-6,8-9,11-15,17-18,20-22,24,26,28,30-33,35-36,38-48H2,1-3H3,(H,54,57)/b10-7-,19-16-,25-23-,29-27-,37-34-. The number of nitrogens with one attached hydrogen (secondary N) is 1. The van der Waals surface area contributed by atoms with Crippen LogP contribution < -0.4 is 5.32 Å². The minimum absolute atomic E-state index is 0.0558. The summed E-state index contributed by atoms with van der Waals surface area (Å²) >= 11 is 0. The predicted octanol–water partition coefficient (Wildman–Crippen LogP) is 14.8. The van der Waals surface area contributed by atoms with Gasteiger partial charge in [0.05, 0.1) is 25.2 Å². The van der Waals surface area contributed by atoms with Gasteiger partial charge in [-0.3, -0.25) is 9.59 Å². The second kappa shape index (κ2) is 46.6. The van der Waals surface area contributed by atoms with E-state index in [9.17, 15) is 19.8 Å². The van der Waals surface area contributed by atoms with Crippen molar-refractivity contribution < 1.29 is 24.5 Å². The van der Waals surface area contributed by atoms with Gasteiger partial charge in [-0.1, -0.05) is 223 Å². The normalized spacial score (nSPS) is 13.8. The molecule has 0 aromatic rings. The van der Waals surface area contributed by atoms with Gasteiger partial charge in [0.25, 0.3) is 0 Å². The van der Waals surface area contributed by atoms with Crippen LogP contribution in [-0.2, 0) is 14.3 Å². The molecule has 0 aliphatic carbocycles. The van der Waals surface area contributed by atoms with Crippen molar-refractivity contribution >= 4 is 11.9 Å². The Morgan fingerprint density at radius 2 is 0.898 bits per heavy atom. The predicted molar refractivity (Wildman–Crippen MR) is 255 cm³/mol. The number of esters is 1. The maximum Gasteiger partial charge on any atom is 0.306 e. The first-order chi connectivity index (χ1) is 29.0. The fourth-order valence-corrected chi connectivity index (χ4v) is 7.35. The molecule has 3 N–H and O–H groups in total. The molecule has 0 aliphatic rings. The smallest absolute Gasteiger partial charge is 0.306 e. The lowest BCUT2D eigenvalue weighted by Gasteiger charge is -2.24. The van der Waals surface area contributed by atoms with Gasteiger partial charge in [-0.25, -0.2) is 0 Å². The molecule has 1 amide bonds. The quantitative estimate of drug-likeness (QED) is 0.0323. The van der Waals surface area contributed by atoms with Crippen LogP contribution in [0.1, 0.15) is 239 Å². The summed E-state index contributed by atoms with van der Waals surface area (Å²) in [6, 6.07) is -0.711. The first kappa shape index (κ1) is 56.6. The molecule has 3 unspecified atom stereocenters. The van der Waals surface area contributed by atoms with Crippen molar-refractivity contribution in [2.75, 3.05) is 6.61 Å². The van der Waals surface area contributed by atoms with Crippen LogP contribution in [0.2, 0.25) is 0 Å². The van der Waals surface area contributed by atoms with E-state index in [-0.39, 0.29) is 24.9 Å². The zero-order valence-electron chi connectivity index (χ0n) is 38.9. The van der Waals surface area contributed by atoms with Crippen LogP contribution in [0.25, 0.3) is 0 Å². The summed E-state index contributed by atoms with van der Waals surface area (Å²) < 4.78 is 5.90. The van der Waals surface area contributed by atoms with E-state index in [1.165, 1.54) is 109 Å². The Kier molecular flexibility index (Phi) is 44.7. The summed E-state index contributed by atoms with van der Waals surface area (Å²) in [4.78, 5) is 26.1. The van der Waals surface area contributed by atoms with Gasteiger partial charge in [-0.15, -0.1) is 0 Å². The summed E-state index contributed by atoms with van der Waals surface area (Å²) in [5.41, 5.74) is 0. The Bertz CT molecular complexity index is 1060. The van der Waals surface area contributed by atoms with E-state index in [0.717, 1.165) is 77.0 Å². The Morgan fingerprint density at radius 1 is 0.508 bits per heavy atom. The van der Waals surface area contributed by atoms with Crippen LogP contribution >= 0.6 is 0 Å². The summed E-state index contributed by atoms with van der Waals surface area (Å²) in [7, 11) is 0. The molecular formula is C53H95NO5. The molecule has 342 valence electrons. The number of unbranched alkanes of at least 4 members (excludes halogenated alkanes) is 22. The van der Waals surface area contributed by atoms with Crippen molar-refractivity contribution in [2.24, 2.45) is 0 Å². The van der Waals surface area contributed by atoms with E-state index in [2.05, 4.69) is 86.8 Å². The van der Waals surface area contributed by atoms with E-state index >= 15 is 0 Å². The molecule has 0 bridgehead atoms. The minimum Gasteiger partial charge on any atom is -0.462 e. The second-order valence-corrected chi connectivity index (χ2v) is 16.8. The minimum atomic E-state index is -0.795. The molecule has 6 heteroatoms. The van der Waals surface area contributed by atoms with Crippen molar-refractivity contribution in [3.63, 3.8) is 0 Å². The first-order valence-corrected chi connectivity index (χ1v) is 25.0. The lowest BCUT2D eigenvalue weighted by molar-refractivity contribution is -0.151. The molecule has 0 aromatic carbocycles. The highest BCUT2D eigenvalue weighted by Crippen LogP contribution is 2.18. The van der Waals surface area contributed by atoms with Crippen LogP contribution in [0.5, 0.6) is 0 Å². The summed E-state index contributed by atoms with van der Waals surface area (Å²) in [5.74, 6) is -0.540. The Balaban J connectivity index is 4.66. The van der Waals surface area contributed by atoms with Crippen LogP contribution in [-0.4, -0.2) is 46.9 Å². The van der Waals surface area contributed by atoms with Crippen LogP contribution in [0.15, 0.2) is 60.8 Å². The van der Waals surface area contributed by atoms with Crippen molar-refractivity contribution in [3.05, 3.63) is 60.8 Å². The van der Waals surface area contributed by atoms with Gasteiger partial charge in [-0.2, -0.15) is 0 Å². The van der Waals surface area contributed by atoms with Crippen LogP contribution in [0.3, 0.4) is 0 Å². The average Bonchev–Trinajstić information content (AvgIpc) is 3.23. The lowest BCUT2D eigenvalue weighted by atomic mass is 10.0. The summed E-state index contributed by atoms with van der Waals surface area (Å²) in [6.07, 6.45) is 57.1. The van der Waals surface area contributed by atoms with Gasteiger partial charge >= 0.3 is 5.97 Å². The highest BCUT2D eigenvalue weighted by atomic mass is 16.5. The molecule has 3 atom stereocenters. The third kappa shape index (κ3) is 42.1. The fourth-order valence-electron chi connectivity index (χ4n) is 7.35. The van der Waals surface area contributed by atoms with E-state index in [1.807, 2.05) is 0 Å². The van der Waals surface area contributed by atoms with Crippen molar-refractivity contribution in [3.8, 4) is 0 Å². The number of aliphatic hydroxyl groups excluding tert-OH is 2. The molecule has 6 nitrogen and oxygen atoms in total. The monoisotopic (exact) mass is 826 g/mol. The Hall–Kier alpha value is -2.44. The SMILES string of the molecule is CC/C=C\C/C=C\C/C=C\C/C=C\C/C=C\CCCC(=O)OC(CCCCCCCCCCCCCCCC)CC(=O)NC(CO)C(O)CCCCCCCCCCC. The number of hydrogen-bond acceptors (Lipinski definition) is 5. The number of rotatable bonds is 44. The van der Waals surface area contributed by atoms with Crippen LogP contribution in [0, 0.1) is 0 Å². The largest absolute Gasteiger partial charge is 0.462 e. The molecule has 59 heavy (non-hydrogen) atoms. The zero-order chi connectivity index (χ0) is 43.1. The third-order valence-corrected chi connectivity index (χ3v) is 11.1. The van der Waals surface area contributed by atoms with Crippen LogP contribution in [0.4, 0.5) is 0 Å². The number of carbonyl (C=O) groups is 2. The summed E-state index contributed by atoms with van der Waals surface area (Å²) in [5, 5.41) is 23.6. The number of aliphatic hydroxyl groups is 2. The van der Waals surface area contributed by atoms with Gasteiger partial charge in [0, 0.05) is 6.42 Å². The number of amides is 1. The Morgan fingerprint density at radius 3 is 1.32 bits per heavy atom. The topological polar surface area (TPSA) is 95.9 Å². The maximum atomic E-state index is 13.2. The zero-order valence-corrected chi connectivity index (χ0v) is 38.9. The van der Waals surface area contributed by atoms with E-state index in [0.29, 0.717) is 25.7 Å². The highest BCUT2D eigenvalue weighted by molar-refractivity contribution is 5.77. The molecule has 0 aromatic heterocycles. The van der Waals surface area contributed by atoms with E-state index in [4.69, 9.17) is 4.74 Å². The fraction of sp³-hybridized carbons (Fsp3) is 0.774. The second-order valence-electron chi connectivity index (χ2n) is 16.8. The molecule has 0 saturated carbocycles. The summed E-state index contributed by atoms with van der Waals surface area (Å²) in [6.45, 7) is 6.34. The molecule has 0 aliphatic heterocycles. The van der Waals surface area contributed by atoms with E-state index < -0.39 is 18.2 Å². The van der Waals surface area contributed by atoms with Gasteiger partial charge in [0.1, 0.15) is 6.10 Å². The Labute approximate surface area is 365 Å². The molecule has 0 spiro atoms. The molecule has 0 fully saturated rings. The highest BCUT2D eigenvalue weighted by Gasteiger charge is 2.24. The number of ether oxygens (including phenoxy) is 1. The van der Waals surface area contributed by atoms with Gasteiger partial charge < -0.3 is 20.3 Å². The first-order valence-electron chi connectivity index (χ1n) is 25.0. The molecule has 0 heterocycles. The number of carbonyl (C=O) groups excluding carboxylic acids is 2. The van der Waals surface area contributed by atoms with Crippen molar-refractivity contribution in [2.45, 2.75) is 257 Å². The van der Waals surface area contributed by atoms with Crippen molar-refractivity contribution in [1.82, 2.24) is 5.32 Å². The third-order valence-electron chi connectivity index (χ3n) is 11.1. The van der Waals surface area contributed by atoms with Gasteiger partial charge in [-0.05, 0) is 64.2 Å². The van der Waals surface area contributed by atoms with Gasteiger partial charge in [0.15, 0.2) is 0 Å². The molecular weight excluding hydrogens is 731 g/mol. The molecule has 0 saturated heterocycles. The molecule has 0 rings (SSSR count). The maximum absolute atomic E-state index is 13.2. The lowest BCUT2D eigenvalue weighted by Crippen LogP contribution is -2.46. The molecule has 0 radical (unpaired) electrons. The van der Waals surface area contributed by atoms with Crippen molar-refractivity contribution in [1.29, 1.82) is 0 Å². The van der Waals surface area contributed by atoms with Gasteiger partial charge in [0.2, 0.25) is 5.91 Å². The average molecular weight is 826 g/mol.